The number of anilines is 3. The van der Waals surface area contributed by atoms with E-state index in [1.54, 1.807) is 0 Å². The van der Waals surface area contributed by atoms with Crippen LogP contribution in [0.1, 0.15) is 43.5 Å². The maximum atomic E-state index is 12.0. The first-order valence-corrected chi connectivity index (χ1v) is 11.1. The Morgan fingerprint density at radius 3 is 2.86 bits per heavy atom. The summed E-state index contributed by atoms with van der Waals surface area (Å²) in [6.45, 7) is 2.71. The molecule has 154 valence electrons. The average Bonchev–Trinajstić information content (AvgIpc) is 2.70. The first-order chi connectivity index (χ1) is 14.1. The third-order valence-electron chi connectivity index (χ3n) is 4.71. The van der Waals surface area contributed by atoms with Gasteiger partial charge in [-0.2, -0.15) is 15.0 Å². The molecule has 1 heterocycles. The Morgan fingerprint density at radius 1 is 1.21 bits per heavy atom. The Hall–Kier alpha value is -2.61. The molecule has 1 aromatic carbocycles. The maximum absolute atomic E-state index is 12.0. The molecule has 0 saturated heterocycles. The lowest BCUT2D eigenvalue weighted by Crippen LogP contribution is -2.26. The van der Waals surface area contributed by atoms with Crippen LogP contribution in [0.5, 0.6) is 0 Å². The van der Waals surface area contributed by atoms with E-state index in [9.17, 15) is 4.79 Å². The molecule has 0 saturated carbocycles. The second-order valence-electron chi connectivity index (χ2n) is 7.07. The SMILES string of the molecule is Cc1ccccc1Nc1nc(N)nc(CSCC(=O)NCCC2=CCCCC2)n1. The molecule has 4 N–H and O–H groups in total. The van der Waals surface area contributed by atoms with E-state index in [4.69, 9.17) is 5.73 Å². The van der Waals surface area contributed by atoms with Gasteiger partial charge in [-0.3, -0.25) is 4.79 Å². The minimum Gasteiger partial charge on any atom is -0.368 e. The van der Waals surface area contributed by atoms with Gasteiger partial charge in [-0.15, -0.1) is 11.8 Å². The van der Waals surface area contributed by atoms with Crippen LogP contribution in [-0.2, 0) is 10.5 Å². The molecule has 0 radical (unpaired) electrons. The van der Waals surface area contributed by atoms with Gasteiger partial charge in [0.25, 0.3) is 0 Å². The number of nitrogen functional groups attached to an aromatic ring is 1. The van der Waals surface area contributed by atoms with Crippen LogP contribution in [0.3, 0.4) is 0 Å². The number of hydrogen-bond acceptors (Lipinski definition) is 7. The van der Waals surface area contributed by atoms with Crippen molar-refractivity contribution in [1.82, 2.24) is 20.3 Å². The van der Waals surface area contributed by atoms with Crippen molar-refractivity contribution in [3.8, 4) is 0 Å². The van der Waals surface area contributed by atoms with Crippen molar-refractivity contribution < 1.29 is 4.79 Å². The van der Waals surface area contributed by atoms with Crippen LogP contribution in [0.15, 0.2) is 35.9 Å². The van der Waals surface area contributed by atoms with Gasteiger partial charge in [-0.1, -0.05) is 29.8 Å². The highest BCUT2D eigenvalue weighted by Crippen LogP contribution is 2.20. The van der Waals surface area contributed by atoms with Crippen LogP contribution in [-0.4, -0.2) is 33.2 Å². The van der Waals surface area contributed by atoms with Crippen LogP contribution < -0.4 is 16.4 Å². The van der Waals surface area contributed by atoms with Crippen LogP contribution in [0.4, 0.5) is 17.6 Å². The monoisotopic (exact) mass is 412 g/mol. The van der Waals surface area contributed by atoms with E-state index in [-0.39, 0.29) is 11.9 Å². The molecule has 0 fully saturated rings. The van der Waals surface area contributed by atoms with Crippen molar-refractivity contribution in [2.24, 2.45) is 0 Å². The molecule has 0 atom stereocenters. The number of carbonyl (C=O) groups excluding carboxylic acids is 1. The second kappa shape index (κ2) is 10.8. The standard InChI is InChI=1S/C21H28N6OS/c1-15-7-5-6-10-17(15)24-21-26-18(25-20(22)27-21)13-29-14-19(28)23-12-11-16-8-3-2-4-9-16/h5-8,10H,2-4,9,11-14H2,1H3,(H,23,28)(H3,22,24,25,26,27). The number of thioether (sulfide) groups is 1. The summed E-state index contributed by atoms with van der Waals surface area (Å²) >= 11 is 1.46. The molecular weight excluding hydrogens is 384 g/mol. The molecular formula is C21H28N6OS. The van der Waals surface area contributed by atoms with Crippen LogP contribution >= 0.6 is 11.8 Å². The van der Waals surface area contributed by atoms with Gasteiger partial charge in [0.05, 0.1) is 11.5 Å². The van der Waals surface area contributed by atoms with Gasteiger partial charge in [0.15, 0.2) is 0 Å². The van der Waals surface area contributed by atoms with E-state index in [0.29, 0.717) is 29.8 Å². The highest BCUT2D eigenvalue weighted by atomic mass is 32.2. The van der Waals surface area contributed by atoms with E-state index < -0.39 is 0 Å². The number of rotatable bonds is 9. The molecule has 29 heavy (non-hydrogen) atoms. The quantitative estimate of drug-likeness (QED) is 0.539. The molecule has 1 aliphatic rings. The largest absolute Gasteiger partial charge is 0.368 e. The van der Waals surface area contributed by atoms with Crippen LogP contribution in [0.2, 0.25) is 0 Å². The van der Waals surface area contributed by atoms with Gasteiger partial charge in [0.1, 0.15) is 5.82 Å². The van der Waals surface area contributed by atoms with Crippen LogP contribution in [0.25, 0.3) is 0 Å². The van der Waals surface area contributed by atoms with Crippen molar-refractivity contribution in [3.63, 3.8) is 0 Å². The molecule has 0 unspecified atom stereocenters. The zero-order valence-electron chi connectivity index (χ0n) is 16.8. The summed E-state index contributed by atoms with van der Waals surface area (Å²) in [6, 6.07) is 7.88. The fourth-order valence-corrected chi connectivity index (χ4v) is 3.87. The Balaban J connectivity index is 1.44. The average molecular weight is 413 g/mol. The van der Waals surface area contributed by atoms with Crippen molar-refractivity contribution in [2.45, 2.75) is 44.8 Å². The summed E-state index contributed by atoms with van der Waals surface area (Å²) in [6.07, 6.45) is 8.17. The van der Waals surface area contributed by atoms with Gasteiger partial charge in [0, 0.05) is 12.2 Å². The first kappa shape index (κ1) is 21.1. The van der Waals surface area contributed by atoms with Crippen molar-refractivity contribution >= 4 is 35.3 Å². The molecule has 1 aromatic heterocycles. The third kappa shape index (κ3) is 7.05. The number of benzene rings is 1. The van der Waals surface area contributed by atoms with Gasteiger partial charge in [-0.05, 0) is 50.7 Å². The van der Waals surface area contributed by atoms with E-state index >= 15 is 0 Å². The van der Waals surface area contributed by atoms with E-state index in [2.05, 4.69) is 31.7 Å². The lowest BCUT2D eigenvalue weighted by Gasteiger charge is -2.12. The van der Waals surface area contributed by atoms with E-state index in [0.717, 1.165) is 17.7 Å². The summed E-state index contributed by atoms with van der Waals surface area (Å²) in [5, 5.41) is 6.16. The number of amides is 1. The summed E-state index contributed by atoms with van der Waals surface area (Å²) in [5.74, 6) is 2.02. The van der Waals surface area contributed by atoms with E-state index in [1.807, 2.05) is 31.2 Å². The fourth-order valence-electron chi connectivity index (χ4n) is 3.17. The number of nitrogens with one attached hydrogen (secondary N) is 2. The number of nitrogens with zero attached hydrogens (tertiary/aromatic N) is 3. The zero-order valence-corrected chi connectivity index (χ0v) is 17.6. The van der Waals surface area contributed by atoms with Crippen molar-refractivity contribution in [3.05, 3.63) is 47.3 Å². The van der Waals surface area contributed by atoms with Crippen molar-refractivity contribution in [1.29, 1.82) is 0 Å². The topological polar surface area (TPSA) is 106 Å². The number of aromatic nitrogens is 3. The first-order valence-electron chi connectivity index (χ1n) is 9.95. The molecule has 7 nitrogen and oxygen atoms in total. The Kier molecular flexibility index (Phi) is 7.86. The number of nitrogens with two attached hydrogens (primary N) is 1. The minimum absolute atomic E-state index is 0.0340. The molecule has 2 aromatic rings. The Bertz CT molecular complexity index is 870. The zero-order chi connectivity index (χ0) is 20.5. The number of carbonyl (C=O) groups is 1. The molecule has 1 aliphatic carbocycles. The Morgan fingerprint density at radius 2 is 2.07 bits per heavy atom. The highest BCUT2D eigenvalue weighted by Gasteiger charge is 2.09. The molecule has 0 bridgehead atoms. The third-order valence-corrected chi connectivity index (χ3v) is 5.64. The molecule has 8 heteroatoms. The molecule has 3 rings (SSSR count). The number of allylic oxidation sites excluding steroid dienone is 1. The van der Waals surface area contributed by atoms with Gasteiger partial charge < -0.3 is 16.4 Å². The van der Waals surface area contributed by atoms with Crippen LogP contribution in [0, 0.1) is 6.92 Å². The number of aryl methyl sites for hydroxylation is 1. The summed E-state index contributed by atoms with van der Waals surface area (Å²) in [7, 11) is 0. The summed E-state index contributed by atoms with van der Waals surface area (Å²) < 4.78 is 0. The van der Waals surface area contributed by atoms with Gasteiger partial charge >= 0.3 is 0 Å². The lowest BCUT2D eigenvalue weighted by atomic mass is 9.97. The van der Waals surface area contributed by atoms with E-state index in [1.165, 1.54) is 43.0 Å². The predicted molar refractivity (Wildman–Crippen MR) is 119 cm³/mol. The summed E-state index contributed by atoms with van der Waals surface area (Å²) in [5.41, 5.74) is 9.30. The Labute approximate surface area is 176 Å². The fraction of sp³-hybridized carbons (Fsp3) is 0.429. The predicted octanol–water partition coefficient (Wildman–Crippen LogP) is 3.75. The van der Waals surface area contributed by atoms with Gasteiger partial charge in [-0.25, -0.2) is 0 Å². The smallest absolute Gasteiger partial charge is 0.232 e. The molecule has 0 aliphatic heterocycles. The maximum Gasteiger partial charge on any atom is 0.232 e. The lowest BCUT2D eigenvalue weighted by molar-refractivity contribution is -0.118. The van der Waals surface area contributed by atoms with Crippen molar-refractivity contribution in [2.75, 3.05) is 23.3 Å². The molecule has 1 amide bonds. The molecule has 0 spiro atoms. The summed E-state index contributed by atoms with van der Waals surface area (Å²) in [4.78, 5) is 24.8. The normalized spacial score (nSPS) is 13.6. The second-order valence-corrected chi connectivity index (χ2v) is 8.06. The number of para-hydroxylation sites is 1. The number of hydrogen-bond donors (Lipinski definition) is 3. The highest BCUT2D eigenvalue weighted by molar-refractivity contribution is 7.99. The minimum atomic E-state index is 0.0340. The van der Waals surface area contributed by atoms with Gasteiger partial charge in [0.2, 0.25) is 17.8 Å².